The first-order valence-corrected chi connectivity index (χ1v) is 12.3. The summed E-state index contributed by atoms with van der Waals surface area (Å²) in [4.78, 5) is 0. The number of aromatic hydroxyl groups is 1. The molecule has 0 saturated heterocycles. The zero-order valence-electron chi connectivity index (χ0n) is 16.3. The molecule has 0 aliphatic carbocycles. The first kappa shape index (κ1) is 20.9. The van der Waals surface area contributed by atoms with Gasteiger partial charge in [0, 0.05) is 0 Å². The number of benzene rings is 1. The lowest BCUT2D eigenvalue weighted by molar-refractivity contribution is 0.465. The van der Waals surface area contributed by atoms with Gasteiger partial charge in [0.25, 0.3) is 0 Å². The van der Waals surface area contributed by atoms with Crippen LogP contribution in [0.5, 0.6) is 5.75 Å². The number of para-hydroxylation sites is 1. The second-order valence-corrected chi connectivity index (χ2v) is 14.5. The van der Waals surface area contributed by atoms with Crippen molar-refractivity contribution >= 4 is 15.8 Å². The fourth-order valence-electron chi connectivity index (χ4n) is 3.22. The van der Waals surface area contributed by atoms with Crippen LogP contribution in [0.3, 0.4) is 0 Å². The van der Waals surface area contributed by atoms with Gasteiger partial charge in [-0.3, -0.25) is 0 Å². The van der Waals surface area contributed by atoms with Crippen LogP contribution in [0.15, 0.2) is 18.2 Å². The molecule has 0 saturated carbocycles. The molecule has 1 nitrogen and oxygen atoms in total. The first-order chi connectivity index (χ1) is 10.6. The van der Waals surface area contributed by atoms with E-state index in [2.05, 4.69) is 73.6 Å². The van der Waals surface area contributed by atoms with Crippen LogP contribution in [0, 0.1) is 0 Å². The van der Waals surface area contributed by atoms with E-state index in [-0.39, 0.29) is 15.8 Å². The van der Waals surface area contributed by atoms with Crippen molar-refractivity contribution < 1.29 is 5.11 Å². The molecule has 0 radical (unpaired) electrons. The van der Waals surface area contributed by atoms with Crippen molar-refractivity contribution in [3.63, 3.8) is 0 Å². The molecule has 0 heterocycles. The van der Waals surface area contributed by atoms with Crippen molar-refractivity contribution in [1.82, 2.24) is 0 Å². The summed E-state index contributed by atoms with van der Waals surface area (Å²) in [7, 11) is -0.167. The van der Waals surface area contributed by atoms with Gasteiger partial charge in [0.15, 0.2) is 0 Å². The Morgan fingerprint density at radius 1 is 0.696 bits per heavy atom. The Hall–Kier alpha value is -0.120. The highest BCUT2D eigenvalue weighted by Crippen LogP contribution is 2.53. The van der Waals surface area contributed by atoms with Gasteiger partial charge in [0.2, 0.25) is 0 Å². The van der Waals surface area contributed by atoms with E-state index in [0.29, 0.717) is 28.4 Å². The predicted molar refractivity (Wildman–Crippen MR) is 110 cm³/mol. The molecule has 1 aromatic carbocycles. The molecule has 0 fully saturated rings. The highest BCUT2D eigenvalue weighted by atomic mass is 31.1. The summed E-state index contributed by atoms with van der Waals surface area (Å²) in [5.41, 5.74) is 5.15. The molecule has 0 bridgehead atoms. The number of phenols is 1. The smallest absolute Gasteiger partial charge is 0.122 e. The maximum absolute atomic E-state index is 10.8. The van der Waals surface area contributed by atoms with E-state index in [0.717, 1.165) is 12.3 Å². The molecular formula is C20H36OP2. The third-order valence-corrected chi connectivity index (χ3v) is 11.3. The van der Waals surface area contributed by atoms with Gasteiger partial charge in [-0.15, -0.1) is 0 Å². The van der Waals surface area contributed by atoms with Crippen LogP contribution in [0.4, 0.5) is 0 Å². The van der Waals surface area contributed by atoms with Crippen LogP contribution >= 0.6 is 15.8 Å². The lowest BCUT2D eigenvalue weighted by atomic mass is 10.1. The third kappa shape index (κ3) is 6.03. The average Bonchev–Trinajstić information content (AvgIpc) is 2.43. The van der Waals surface area contributed by atoms with Gasteiger partial charge in [0.1, 0.15) is 5.75 Å². The number of phenolic OH excluding ortho intramolecular Hbond substituents is 1. The van der Waals surface area contributed by atoms with Gasteiger partial charge in [-0.2, -0.15) is 0 Å². The molecule has 0 amide bonds. The molecule has 0 aliphatic heterocycles. The molecule has 1 aromatic rings. The third-order valence-electron chi connectivity index (χ3n) is 4.56. The average molecular weight is 354 g/mol. The summed E-state index contributed by atoms with van der Waals surface area (Å²) >= 11 is 0. The predicted octanol–water partition coefficient (Wildman–Crippen LogP) is 6.99. The summed E-state index contributed by atoms with van der Waals surface area (Å²) in [5, 5.41) is 10.8. The summed E-state index contributed by atoms with van der Waals surface area (Å²) in [6.45, 7) is 18.6. The molecule has 132 valence electrons. The van der Waals surface area contributed by atoms with Crippen molar-refractivity contribution in [2.45, 2.75) is 90.3 Å². The largest absolute Gasteiger partial charge is 0.507 e. The summed E-state index contributed by atoms with van der Waals surface area (Å²) in [6.07, 6.45) is 2.09. The number of hydrogen-bond donors (Lipinski definition) is 1. The van der Waals surface area contributed by atoms with Crippen molar-refractivity contribution in [3.05, 3.63) is 29.3 Å². The van der Waals surface area contributed by atoms with E-state index in [1.165, 1.54) is 11.1 Å². The quantitative estimate of drug-likeness (QED) is 0.499. The van der Waals surface area contributed by atoms with Crippen LogP contribution in [-0.4, -0.2) is 27.7 Å². The molecular weight excluding hydrogens is 318 g/mol. The minimum atomic E-state index is -0.0835. The fraction of sp³-hybridized carbons (Fsp3) is 0.700. The number of hydrogen-bond acceptors (Lipinski definition) is 1. The minimum Gasteiger partial charge on any atom is -0.507 e. The highest BCUT2D eigenvalue weighted by Gasteiger charge is 2.22. The zero-order valence-corrected chi connectivity index (χ0v) is 18.1. The SMILES string of the molecule is CC(C)P(Cc1cccc(CP(C(C)C)C(C)C)c1O)C(C)C. The molecule has 1 N–H and O–H groups in total. The van der Waals surface area contributed by atoms with Crippen LogP contribution in [0.1, 0.15) is 66.5 Å². The Morgan fingerprint density at radius 3 is 1.26 bits per heavy atom. The lowest BCUT2D eigenvalue weighted by Gasteiger charge is -2.28. The van der Waals surface area contributed by atoms with Crippen LogP contribution < -0.4 is 0 Å². The van der Waals surface area contributed by atoms with Crippen molar-refractivity contribution in [3.8, 4) is 5.75 Å². The van der Waals surface area contributed by atoms with Crippen molar-refractivity contribution in [2.75, 3.05) is 0 Å². The second kappa shape index (κ2) is 9.39. The fourth-order valence-corrected chi connectivity index (χ4v) is 8.36. The molecule has 0 unspecified atom stereocenters. The van der Waals surface area contributed by atoms with E-state index in [1.807, 2.05) is 0 Å². The molecule has 3 heteroatoms. The Balaban J connectivity index is 3.02. The normalized spacial score (nSPS) is 12.6. The topological polar surface area (TPSA) is 20.2 Å². The van der Waals surface area contributed by atoms with Gasteiger partial charge in [-0.25, -0.2) is 0 Å². The van der Waals surface area contributed by atoms with Crippen LogP contribution in [-0.2, 0) is 12.3 Å². The van der Waals surface area contributed by atoms with Crippen LogP contribution in [0.2, 0.25) is 0 Å². The van der Waals surface area contributed by atoms with Gasteiger partial charge >= 0.3 is 0 Å². The molecule has 0 aliphatic rings. The molecule has 0 spiro atoms. The van der Waals surface area contributed by atoms with Gasteiger partial charge in [-0.05, 0) is 46.1 Å². The monoisotopic (exact) mass is 354 g/mol. The second-order valence-electron chi connectivity index (χ2n) is 7.64. The minimum absolute atomic E-state index is 0.0835. The Bertz CT molecular complexity index is 424. The molecule has 1 rings (SSSR count). The van der Waals surface area contributed by atoms with Gasteiger partial charge in [0.05, 0.1) is 0 Å². The van der Waals surface area contributed by atoms with E-state index in [4.69, 9.17) is 0 Å². The Morgan fingerprint density at radius 2 is 1.00 bits per heavy atom. The Kier molecular flexibility index (Phi) is 8.54. The zero-order chi connectivity index (χ0) is 17.7. The van der Waals surface area contributed by atoms with Gasteiger partial charge < -0.3 is 5.11 Å². The highest BCUT2D eigenvalue weighted by molar-refractivity contribution is 7.58. The maximum atomic E-state index is 10.8. The van der Waals surface area contributed by atoms with Gasteiger partial charge in [-0.1, -0.05) is 89.4 Å². The van der Waals surface area contributed by atoms with Crippen LogP contribution in [0.25, 0.3) is 0 Å². The summed E-state index contributed by atoms with van der Waals surface area (Å²) in [6, 6.07) is 6.41. The standard InChI is InChI=1S/C20H36OP2/c1-14(2)22(15(3)4)12-18-10-9-11-19(20(18)21)13-23(16(5)6)17(7)8/h9-11,14-17,21H,12-13H2,1-8H3. The van der Waals surface area contributed by atoms with Crippen molar-refractivity contribution in [2.24, 2.45) is 0 Å². The van der Waals surface area contributed by atoms with Crippen molar-refractivity contribution in [1.29, 1.82) is 0 Å². The molecule has 23 heavy (non-hydrogen) atoms. The van der Waals surface area contributed by atoms with E-state index in [9.17, 15) is 5.11 Å². The Labute approximate surface area is 146 Å². The number of rotatable bonds is 8. The maximum Gasteiger partial charge on any atom is 0.122 e. The molecule has 0 atom stereocenters. The summed E-state index contributed by atoms with van der Waals surface area (Å²) in [5.74, 6) is 0.579. The van der Waals surface area contributed by atoms with E-state index < -0.39 is 0 Å². The van der Waals surface area contributed by atoms with E-state index >= 15 is 0 Å². The first-order valence-electron chi connectivity index (χ1n) is 8.96. The molecule has 0 aromatic heterocycles. The van der Waals surface area contributed by atoms with E-state index in [1.54, 1.807) is 0 Å². The lowest BCUT2D eigenvalue weighted by Crippen LogP contribution is -2.07. The summed E-state index contributed by atoms with van der Waals surface area (Å²) < 4.78 is 0.